The van der Waals surface area contributed by atoms with E-state index < -0.39 is 0 Å². The Balaban J connectivity index is 1.13. The summed E-state index contributed by atoms with van der Waals surface area (Å²) in [5.41, 5.74) is 12.6. The van der Waals surface area contributed by atoms with Crippen LogP contribution in [0.5, 0.6) is 0 Å². The SMILES string of the molecule is c1ccc(N(c2ccc3c(c2)C2(CC2)c2ccc(N(c4ccccc4)c4cccc5ccccc45)c4cccc-3c24)c2cccc3ccccc23)cc1. The maximum Gasteiger partial charge on any atom is 0.0540 e. The van der Waals surface area contributed by atoms with E-state index in [2.05, 4.69) is 204 Å². The van der Waals surface area contributed by atoms with Crippen molar-refractivity contribution in [3.63, 3.8) is 0 Å². The molecule has 2 aliphatic rings. The summed E-state index contributed by atoms with van der Waals surface area (Å²) in [5.74, 6) is 0. The highest BCUT2D eigenvalue weighted by atomic mass is 15.2. The fraction of sp³-hybridized carbons (Fsp3) is 0.0588. The Hall–Kier alpha value is -6.64. The van der Waals surface area contributed by atoms with E-state index in [1.165, 1.54) is 77.3 Å². The largest absolute Gasteiger partial charge is 0.310 e. The van der Waals surface area contributed by atoms with Crippen LogP contribution in [0.4, 0.5) is 34.1 Å². The number of benzene rings is 9. The van der Waals surface area contributed by atoms with E-state index in [4.69, 9.17) is 0 Å². The van der Waals surface area contributed by atoms with Gasteiger partial charge in [-0.15, -0.1) is 0 Å². The molecule has 0 radical (unpaired) electrons. The van der Waals surface area contributed by atoms with Crippen LogP contribution in [0.1, 0.15) is 24.0 Å². The zero-order valence-corrected chi connectivity index (χ0v) is 29.3. The van der Waals surface area contributed by atoms with Gasteiger partial charge in [-0.1, -0.05) is 140 Å². The van der Waals surface area contributed by atoms with Crippen LogP contribution < -0.4 is 9.80 Å². The molecule has 1 fully saturated rings. The van der Waals surface area contributed by atoms with Crippen molar-refractivity contribution in [2.45, 2.75) is 18.3 Å². The second-order valence-electron chi connectivity index (χ2n) is 14.5. The molecule has 9 aromatic carbocycles. The van der Waals surface area contributed by atoms with E-state index in [-0.39, 0.29) is 5.41 Å². The average Bonchev–Trinajstić information content (AvgIpc) is 4.03. The molecule has 0 saturated heterocycles. The third-order valence-corrected chi connectivity index (χ3v) is 11.6. The molecule has 0 heterocycles. The van der Waals surface area contributed by atoms with Crippen molar-refractivity contribution in [1.29, 1.82) is 0 Å². The van der Waals surface area contributed by atoms with Gasteiger partial charge in [-0.25, -0.2) is 0 Å². The number of anilines is 6. The fourth-order valence-electron chi connectivity index (χ4n) is 9.12. The molecule has 0 aliphatic heterocycles. The summed E-state index contributed by atoms with van der Waals surface area (Å²) >= 11 is 0. The van der Waals surface area contributed by atoms with Crippen molar-refractivity contribution in [2.24, 2.45) is 0 Å². The Bertz CT molecular complexity index is 2840. The summed E-state index contributed by atoms with van der Waals surface area (Å²) in [5, 5.41) is 7.65. The number of rotatable bonds is 6. The lowest BCUT2D eigenvalue weighted by Crippen LogP contribution is -2.18. The van der Waals surface area contributed by atoms with Gasteiger partial charge in [0.2, 0.25) is 0 Å². The molecule has 53 heavy (non-hydrogen) atoms. The quantitative estimate of drug-likeness (QED) is 0.173. The number of hydrogen-bond donors (Lipinski definition) is 0. The molecule has 2 aliphatic carbocycles. The van der Waals surface area contributed by atoms with Crippen LogP contribution in [0.2, 0.25) is 0 Å². The predicted molar refractivity (Wildman–Crippen MR) is 224 cm³/mol. The Kier molecular flexibility index (Phi) is 6.63. The summed E-state index contributed by atoms with van der Waals surface area (Å²) in [6, 6.07) is 71.4. The molecule has 9 aromatic rings. The van der Waals surface area contributed by atoms with E-state index in [9.17, 15) is 0 Å². The molecule has 0 aromatic heterocycles. The van der Waals surface area contributed by atoms with Crippen LogP contribution in [0, 0.1) is 0 Å². The summed E-state index contributed by atoms with van der Waals surface area (Å²) in [6.45, 7) is 0. The van der Waals surface area contributed by atoms with Gasteiger partial charge in [-0.2, -0.15) is 0 Å². The Morgan fingerprint density at radius 2 is 0.868 bits per heavy atom. The van der Waals surface area contributed by atoms with E-state index in [0.717, 1.165) is 24.2 Å². The van der Waals surface area contributed by atoms with E-state index >= 15 is 0 Å². The lowest BCUT2D eigenvalue weighted by Gasteiger charge is -2.34. The minimum atomic E-state index is -0.00535. The van der Waals surface area contributed by atoms with E-state index in [0.29, 0.717) is 0 Å². The van der Waals surface area contributed by atoms with Crippen LogP contribution in [0.25, 0.3) is 43.4 Å². The highest BCUT2D eigenvalue weighted by molar-refractivity contribution is 6.12. The molecule has 0 unspecified atom stereocenters. The second-order valence-corrected chi connectivity index (χ2v) is 14.5. The highest BCUT2D eigenvalue weighted by Gasteiger charge is 2.51. The molecule has 2 nitrogen and oxygen atoms in total. The van der Waals surface area contributed by atoms with Crippen molar-refractivity contribution in [2.75, 3.05) is 9.80 Å². The molecular weight excluding hydrogens is 641 g/mol. The van der Waals surface area contributed by atoms with Gasteiger partial charge in [-0.3, -0.25) is 0 Å². The van der Waals surface area contributed by atoms with Crippen LogP contribution in [0.15, 0.2) is 194 Å². The number of hydrogen-bond acceptors (Lipinski definition) is 2. The van der Waals surface area contributed by atoms with Crippen molar-refractivity contribution in [1.82, 2.24) is 0 Å². The number of fused-ring (bicyclic) bond motifs is 6. The van der Waals surface area contributed by atoms with Crippen molar-refractivity contribution in [3.05, 3.63) is 205 Å². The predicted octanol–water partition coefficient (Wildman–Crippen LogP) is 14.1. The Morgan fingerprint density at radius 3 is 1.53 bits per heavy atom. The molecule has 0 amide bonds. The smallest absolute Gasteiger partial charge is 0.0540 e. The first-order valence-electron chi connectivity index (χ1n) is 18.7. The standard InChI is InChI=1S/C51H36N2/c1-3-18-37(19-4-1)52(47-26-11-16-35-14-7-9-22-40(35)47)39-28-29-42-43-24-13-25-44-49(31-30-45(50(43)44)51(32-33-51)46(42)34-39)53(38-20-5-2-6-21-38)48-27-12-17-36-15-8-10-23-41(36)48/h1-31,34H,32-33H2. The van der Waals surface area contributed by atoms with E-state index in [1.807, 2.05) is 0 Å². The van der Waals surface area contributed by atoms with Crippen molar-refractivity contribution in [3.8, 4) is 11.1 Å². The Labute approximate surface area is 309 Å². The number of para-hydroxylation sites is 2. The van der Waals surface area contributed by atoms with Crippen LogP contribution in [-0.4, -0.2) is 0 Å². The minimum absolute atomic E-state index is 0.00535. The minimum Gasteiger partial charge on any atom is -0.310 e. The maximum atomic E-state index is 2.50. The zero-order valence-electron chi connectivity index (χ0n) is 29.3. The van der Waals surface area contributed by atoms with Gasteiger partial charge in [0.25, 0.3) is 0 Å². The lowest BCUT2D eigenvalue weighted by molar-refractivity contribution is 0.853. The lowest BCUT2D eigenvalue weighted by atomic mass is 9.74. The van der Waals surface area contributed by atoms with Crippen LogP contribution in [-0.2, 0) is 5.41 Å². The maximum absolute atomic E-state index is 2.50. The molecule has 0 bridgehead atoms. The molecule has 11 rings (SSSR count). The van der Waals surface area contributed by atoms with Gasteiger partial charge in [0.15, 0.2) is 0 Å². The highest BCUT2D eigenvalue weighted by Crippen LogP contribution is 2.63. The van der Waals surface area contributed by atoms with Crippen LogP contribution >= 0.6 is 0 Å². The van der Waals surface area contributed by atoms with Gasteiger partial charge >= 0.3 is 0 Å². The fourth-order valence-corrected chi connectivity index (χ4v) is 9.12. The van der Waals surface area contributed by atoms with Gasteiger partial charge in [-0.05, 0) is 106 Å². The molecule has 2 heteroatoms. The first-order valence-corrected chi connectivity index (χ1v) is 18.7. The average molecular weight is 677 g/mol. The Morgan fingerprint density at radius 1 is 0.340 bits per heavy atom. The molecule has 0 atom stereocenters. The molecule has 1 spiro atoms. The summed E-state index contributed by atoms with van der Waals surface area (Å²) in [4.78, 5) is 4.91. The second kappa shape index (κ2) is 11.7. The molecular formula is C51H36N2. The normalized spacial score (nSPS) is 13.7. The van der Waals surface area contributed by atoms with Crippen molar-refractivity contribution < 1.29 is 0 Å². The van der Waals surface area contributed by atoms with Crippen molar-refractivity contribution >= 4 is 66.4 Å². The molecule has 1 saturated carbocycles. The topological polar surface area (TPSA) is 6.48 Å². The third-order valence-electron chi connectivity index (χ3n) is 11.6. The van der Waals surface area contributed by atoms with Crippen LogP contribution in [0.3, 0.4) is 0 Å². The summed E-state index contributed by atoms with van der Waals surface area (Å²) in [7, 11) is 0. The number of nitrogens with zero attached hydrogens (tertiary/aromatic N) is 2. The zero-order chi connectivity index (χ0) is 34.9. The first kappa shape index (κ1) is 30.0. The van der Waals surface area contributed by atoms with Gasteiger partial charge < -0.3 is 9.80 Å². The summed E-state index contributed by atoms with van der Waals surface area (Å²) in [6.07, 6.45) is 2.30. The summed E-state index contributed by atoms with van der Waals surface area (Å²) < 4.78 is 0. The van der Waals surface area contributed by atoms with Gasteiger partial charge in [0.05, 0.1) is 17.1 Å². The first-order chi connectivity index (χ1) is 26.3. The van der Waals surface area contributed by atoms with Gasteiger partial charge in [0, 0.05) is 38.6 Å². The van der Waals surface area contributed by atoms with E-state index in [1.54, 1.807) is 0 Å². The third kappa shape index (κ3) is 4.59. The molecule has 250 valence electrons. The monoisotopic (exact) mass is 676 g/mol. The molecule has 0 N–H and O–H groups in total. The van der Waals surface area contributed by atoms with Gasteiger partial charge in [0.1, 0.15) is 0 Å².